The quantitative estimate of drug-likeness (QED) is 0.554. The standard InChI is InChI=1S/C17H21N3O5/c1-3-17(2)15(23)20(16(24)19-17)10-14(22)25-11-13(21)18-9-12-7-5-4-6-8-12/h4-8H,3,9-11H2,1-2H3,(H,18,21)(H,19,24)/t17-/m0/s1. The van der Waals surface area contributed by atoms with Gasteiger partial charge in [-0.15, -0.1) is 0 Å². The van der Waals surface area contributed by atoms with Gasteiger partial charge in [0, 0.05) is 6.54 Å². The van der Waals surface area contributed by atoms with Crippen molar-refractivity contribution in [2.24, 2.45) is 0 Å². The van der Waals surface area contributed by atoms with Gasteiger partial charge in [-0.05, 0) is 18.9 Å². The number of urea groups is 1. The van der Waals surface area contributed by atoms with Gasteiger partial charge in [0.1, 0.15) is 12.1 Å². The highest BCUT2D eigenvalue weighted by Gasteiger charge is 2.47. The van der Waals surface area contributed by atoms with Crippen molar-refractivity contribution in [1.29, 1.82) is 0 Å². The van der Waals surface area contributed by atoms with E-state index in [-0.39, 0.29) is 0 Å². The van der Waals surface area contributed by atoms with Gasteiger partial charge in [0.2, 0.25) is 0 Å². The maximum atomic E-state index is 12.2. The van der Waals surface area contributed by atoms with Crippen molar-refractivity contribution in [1.82, 2.24) is 15.5 Å². The molecule has 0 unspecified atom stereocenters. The summed E-state index contributed by atoms with van der Waals surface area (Å²) in [5.74, 6) is -1.77. The Morgan fingerprint density at radius 1 is 1.24 bits per heavy atom. The molecule has 4 amide bonds. The van der Waals surface area contributed by atoms with Crippen LogP contribution in [0.4, 0.5) is 4.79 Å². The fraction of sp³-hybridized carbons (Fsp3) is 0.412. The molecule has 134 valence electrons. The average Bonchev–Trinajstić information content (AvgIpc) is 2.83. The zero-order valence-corrected chi connectivity index (χ0v) is 14.2. The second-order valence-corrected chi connectivity index (χ2v) is 5.93. The van der Waals surface area contributed by atoms with Crippen LogP contribution in [-0.2, 0) is 25.7 Å². The van der Waals surface area contributed by atoms with E-state index in [2.05, 4.69) is 10.6 Å². The van der Waals surface area contributed by atoms with Gasteiger partial charge in [-0.3, -0.25) is 19.3 Å². The predicted octanol–water partition coefficient (Wildman–Crippen LogP) is 0.567. The van der Waals surface area contributed by atoms with Crippen molar-refractivity contribution in [2.75, 3.05) is 13.2 Å². The van der Waals surface area contributed by atoms with Crippen LogP contribution < -0.4 is 10.6 Å². The van der Waals surface area contributed by atoms with Crippen LogP contribution in [0.5, 0.6) is 0 Å². The number of carbonyl (C=O) groups is 4. The van der Waals surface area contributed by atoms with Gasteiger partial charge in [-0.1, -0.05) is 37.3 Å². The second kappa shape index (κ2) is 7.78. The van der Waals surface area contributed by atoms with Crippen molar-refractivity contribution in [3.63, 3.8) is 0 Å². The summed E-state index contributed by atoms with van der Waals surface area (Å²) in [6.45, 7) is 2.68. The van der Waals surface area contributed by atoms with Crippen LogP contribution in [0.2, 0.25) is 0 Å². The topological polar surface area (TPSA) is 105 Å². The summed E-state index contributed by atoms with van der Waals surface area (Å²) in [7, 11) is 0. The largest absolute Gasteiger partial charge is 0.454 e. The van der Waals surface area contributed by atoms with Crippen molar-refractivity contribution in [2.45, 2.75) is 32.4 Å². The predicted molar refractivity (Wildman–Crippen MR) is 88.2 cm³/mol. The van der Waals surface area contributed by atoms with Gasteiger partial charge in [0.15, 0.2) is 6.61 Å². The molecule has 2 N–H and O–H groups in total. The SMILES string of the molecule is CC[C@]1(C)NC(=O)N(CC(=O)OCC(=O)NCc2ccccc2)C1=O. The normalized spacial score (nSPS) is 19.5. The molecule has 0 bridgehead atoms. The molecule has 0 spiro atoms. The number of imide groups is 1. The third-order valence-electron chi connectivity index (χ3n) is 4.04. The molecule has 0 radical (unpaired) electrons. The highest BCUT2D eigenvalue weighted by Crippen LogP contribution is 2.20. The first kappa shape index (κ1) is 18.4. The lowest BCUT2D eigenvalue weighted by Crippen LogP contribution is -2.43. The van der Waals surface area contributed by atoms with E-state index in [4.69, 9.17) is 4.74 Å². The summed E-state index contributed by atoms with van der Waals surface area (Å²) in [6, 6.07) is 8.64. The van der Waals surface area contributed by atoms with Crippen LogP contribution >= 0.6 is 0 Å². The molecule has 25 heavy (non-hydrogen) atoms. The third kappa shape index (κ3) is 4.56. The van der Waals surface area contributed by atoms with Crippen LogP contribution in [0.25, 0.3) is 0 Å². The van der Waals surface area contributed by atoms with E-state index in [1.54, 1.807) is 13.8 Å². The van der Waals surface area contributed by atoms with Crippen LogP contribution in [0.15, 0.2) is 30.3 Å². The van der Waals surface area contributed by atoms with Gasteiger partial charge >= 0.3 is 12.0 Å². The van der Waals surface area contributed by atoms with Gasteiger partial charge < -0.3 is 15.4 Å². The lowest BCUT2D eigenvalue weighted by molar-refractivity contribution is -0.151. The fourth-order valence-corrected chi connectivity index (χ4v) is 2.30. The first-order chi connectivity index (χ1) is 11.9. The molecule has 2 rings (SSSR count). The Hall–Kier alpha value is -2.90. The van der Waals surface area contributed by atoms with Crippen LogP contribution in [-0.4, -0.2) is 47.4 Å². The number of nitrogens with zero attached hydrogens (tertiary/aromatic N) is 1. The Balaban J connectivity index is 1.76. The molecular formula is C17H21N3O5. The molecule has 1 saturated heterocycles. The minimum atomic E-state index is -1.01. The van der Waals surface area contributed by atoms with E-state index in [1.165, 1.54) is 0 Å². The molecule has 8 heteroatoms. The van der Waals surface area contributed by atoms with E-state index in [0.717, 1.165) is 10.5 Å². The Labute approximate surface area is 145 Å². The van der Waals surface area contributed by atoms with Crippen molar-refractivity contribution >= 4 is 23.8 Å². The summed E-state index contributed by atoms with van der Waals surface area (Å²) >= 11 is 0. The lowest BCUT2D eigenvalue weighted by atomic mass is 9.99. The van der Waals surface area contributed by atoms with Crippen molar-refractivity contribution in [3.8, 4) is 0 Å². The summed E-state index contributed by atoms with van der Waals surface area (Å²) in [4.78, 5) is 48.2. The number of rotatable bonds is 7. The Morgan fingerprint density at radius 2 is 1.92 bits per heavy atom. The molecule has 1 aliphatic rings. The number of esters is 1. The molecule has 1 atom stereocenters. The minimum Gasteiger partial charge on any atom is -0.454 e. The third-order valence-corrected chi connectivity index (χ3v) is 4.04. The van der Waals surface area contributed by atoms with Crippen molar-refractivity contribution in [3.05, 3.63) is 35.9 Å². The van der Waals surface area contributed by atoms with Crippen LogP contribution in [0.3, 0.4) is 0 Å². The summed E-state index contributed by atoms with van der Waals surface area (Å²) < 4.78 is 4.83. The lowest BCUT2D eigenvalue weighted by Gasteiger charge is -2.18. The fourth-order valence-electron chi connectivity index (χ4n) is 2.30. The highest BCUT2D eigenvalue weighted by molar-refractivity contribution is 6.08. The first-order valence-corrected chi connectivity index (χ1v) is 7.96. The Bertz CT molecular complexity index is 676. The van der Waals surface area contributed by atoms with Crippen LogP contribution in [0, 0.1) is 0 Å². The van der Waals surface area contributed by atoms with Crippen LogP contribution in [0.1, 0.15) is 25.8 Å². The molecule has 8 nitrogen and oxygen atoms in total. The smallest absolute Gasteiger partial charge is 0.326 e. The van der Waals surface area contributed by atoms with Gasteiger partial charge in [-0.25, -0.2) is 4.79 Å². The van der Waals surface area contributed by atoms with Gasteiger partial charge in [-0.2, -0.15) is 0 Å². The monoisotopic (exact) mass is 347 g/mol. The molecular weight excluding hydrogens is 326 g/mol. The van der Waals surface area contributed by atoms with Gasteiger partial charge in [0.05, 0.1) is 0 Å². The number of benzene rings is 1. The molecule has 1 aliphatic heterocycles. The maximum absolute atomic E-state index is 12.2. The summed E-state index contributed by atoms with van der Waals surface area (Å²) in [6.07, 6.45) is 0.408. The first-order valence-electron chi connectivity index (χ1n) is 7.96. The second-order valence-electron chi connectivity index (χ2n) is 5.93. The number of ether oxygens (including phenoxy) is 1. The zero-order chi connectivity index (χ0) is 18.4. The molecule has 1 fully saturated rings. The zero-order valence-electron chi connectivity index (χ0n) is 14.2. The minimum absolute atomic E-state index is 0.319. The molecule has 0 saturated carbocycles. The molecule has 0 aliphatic carbocycles. The molecule has 1 aromatic rings. The molecule has 0 aromatic heterocycles. The van der Waals surface area contributed by atoms with E-state index in [1.807, 2.05) is 30.3 Å². The Morgan fingerprint density at radius 3 is 2.52 bits per heavy atom. The highest BCUT2D eigenvalue weighted by atomic mass is 16.5. The summed E-state index contributed by atoms with van der Waals surface area (Å²) in [5.41, 5.74) is -0.0925. The number of nitrogens with one attached hydrogen (secondary N) is 2. The van der Waals surface area contributed by atoms with E-state index >= 15 is 0 Å². The summed E-state index contributed by atoms with van der Waals surface area (Å²) in [5, 5.41) is 5.15. The van der Waals surface area contributed by atoms with E-state index in [0.29, 0.717) is 13.0 Å². The maximum Gasteiger partial charge on any atom is 0.326 e. The number of hydrogen-bond donors (Lipinski definition) is 2. The average molecular weight is 347 g/mol. The molecule has 1 aromatic carbocycles. The Kier molecular flexibility index (Phi) is 5.74. The molecule has 1 heterocycles. The number of carbonyl (C=O) groups excluding carboxylic acids is 4. The van der Waals surface area contributed by atoms with E-state index in [9.17, 15) is 19.2 Å². The van der Waals surface area contributed by atoms with Gasteiger partial charge in [0.25, 0.3) is 11.8 Å². The number of amides is 4. The van der Waals surface area contributed by atoms with Crippen molar-refractivity contribution < 1.29 is 23.9 Å². The number of hydrogen-bond acceptors (Lipinski definition) is 5. The van der Waals surface area contributed by atoms with E-state index < -0.39 is 42.5 Å².